The third-order valence-electron chi connectivity index (χ3n) is 14.0. The highest BCUT2D eigenvalue weighted by Gasteiger charge is 2.23. The van der Waals surface area contributed by atoms with Crippen molar-refractivity contribution in [2.24, 2.45) is 0 Å². The van der Waals surface area contributed by atoms with Gasteiger partial charge in [0.1, 0.15) is 17.3 Å². The molecule has 0 aliphatic heterocycles. The number of pyridine rings is 2. The molecule has 0 saturated heterocycles. The van der Waals surface area contributed by atoms with Gasteiger partial charge in [0.25, 0.3) is 6.33 Å². The first-order valence-electron chi connectivity index (χ1n) is 29.9. The van der Waals surface area contributed by atoms with Gasteiger partial charge in [0, 0.05) is 50.3 Å². The Hall–Kier alpha value is -9.43. The summed E-state index contributed by atoms with van der Waals surface area (Å²) in [7, 11) is 0. The smallest absolute Gasteiger partial charge is 0.269 e. The van der Waals surface area contributed by atoms with Crippen LogP contribution in [0, 0.1) is 6.33 Å². The molecule has 76 heavy (non-hydrogen) atoms. The molecule has 0 N–H and O–H groups in total. The van der Waals surface area contributed by atoms with E-state index in [0.29, 0.717) is 28.2 Å². The van der Waals surface area contributed by atoms with Gasteiger partial charge in [0.05, 0.1) is 57.5 Å². The van der Waals surface area contributed by atoms with Gasteiger partial charge in [-0.25, -0.2) is 4.98 Å². The number of hydrogen-bond acceptors (Lipinski definition) is 4. The average Bonchev–Trinajstić information content (AvgIpc) is 1.46. The molecule has 0 saturated carbocycles. The minimum absolute atomic E-state index is 0.114. The van der Waals surface area contributed by atoms with Crippen LogP contribution >= 0.6 is 11.3 Å². The van der Waals surface area contributed by atoms with Crippen molar-refractivity contribution >= 4 is 64.3 Å². The van der Waals surface area contributed by atoms with E-state index in [-0.39, 0.29) is 33.4 Å². The van der Waals surface area contributed by atoms with Crippen molar-refractivity contribution in [3.63, 3.8) is 0 Å². The highest BCUT2D eigenvalue weighted by molar-refractivity contribution is 7.26. The number of imidazole rings is 1. The number of benzene rings is 9. The number of nitrogens with zero attached hydrogens (tertiary/aromatic N) is 5. The Morgan fingerprint density at radius 3 is 1.99 bits per heavy atom. The Kier molecular flexibility index (Phi) is 8.54. The molecule has 7 heteroatoms. The molecule has 9 aromatic carbocycles. The summed E-state index contributed by atoms with van der Waals surface area (Å²) >= 11 is 1.69. The Morgan fingerprint density at radius 2 is 1.20 bits per heavy atom. The first-order chi connectivity index (χ1) is 41.5. The van der Waals surface area contributed by atoms with Gasteiger partial charge in [-0.05, 0) is 111 Å². The largest absolute Gasteiger partial charge is 0.458 e. The standard InChI is InChI=1S/C69H49N5OS/c1-69(2,3)48-36-38-70-65(41-48)74-60-30-14-12-25-55(60)56-34-33-51(43-62(56)74)75-50-23-16-22-49(42-50)72-44-73(67-53(45-18-6-4-7-19-45)28-17-29-54(67)46-20-8-5-9-21-46)61-35-32-47(40-63(61)72)52-24-10-11-27-58(52)66-68-59(37-39-71-66)57-26-13-15-31-64(57)76-68/h4-43H,1-3H3/i4D,5D,6D,7D,8D,9D,18D,19D,20D,21D. The SMILES string of the molecule is [2H]c1c([2H])c([2H])c(-c2cccc(-c3c([2H])c([2H])c([2H])c([2H])c3[2H])c2-[n+]2[c-]n(-c3cccc(Oc4ccc5c6ccccc6n(-c6cc(C(C)(C)C)ccn6)c5c4)c3)c3cc(-c4ccccc4-c4nccc5c4sc4ccccc45)ccc32)c([2H])c1[2H]. The lowest BCUT2D eigenvalue weighted by Gasteiger charge is -2.20. The summed E-state index contributed by atoms with van der Waals surface area (Å²) in [6.45, 7) is 6.55. The van der Waals surface area contributed by atoms with Crippen LogP contribution in [0.1, 0.15) is 40.0 Å². The van der Waals surface area contributed by atoms with Crippen LogP contribution in [-0.4, -0.2) is 19.1 Å². The first-order valence-corrected chi connectivity index (χ1v) is 25.7. The van der Waals surface area contributed by atoms with Crippen molar-refractivity contribution in [3.05, 3.63) is 255 Å². The fraction of sp³-hybridized carbons (Fsp3) is 0.0580. The molecule has 14 rings (SSSR count). The van der Waals surface area contributed by atoms with Gasteiger partial charge in [0.15, 0.2) is 0 Å². The van der Waals surface area contributed by atoms with Crippen LogP contribution in [0.5, 0.6) is 11.5 Å². The van der Waals surface area contributed by atoms with Crippen molar-refractivity contribution in [3.8, 4) is 73.3 Å². The van der Waals surface area contributed by atoms with Crippen molar-refractivity contribution < 1.29 is 23.0 Å². The number of thiophene rings is 1. The summed E-state index contributed by atoms with van der Waals surface area (Å²) in [6, 6.07) is 49.9. The summed E-state index contributed by atoms with van der Waals surface area (Å²) < 4.78 is 104. The quantitative estimate of drug-likeness (QED) is 0.107. The average molecular weight is 1010 g/mol. The number of aromatic nitrogens is 5. The van der Waals surface area contributed by atoms with Crippen molar-refractivity contribution in [2.45, 2.75) is 26.2 Å². The minimum Gasteiger partial charge on any atom is -0.458 e. The van der Waals surface area contributed by atoms with E-state index in [1.54, 1.807) is 34.1 Å². The Bertz CT molecular complexity index is 5030. The third kappa shape index (κ3) is 7.74. The minimum atomic E-state index is -0.582. The third-order valence-corrected chi connectivity index (χ3v) is 15.2. The first kappa shape index (κ1) is 35.7. The summed E-state index contributed by atoms with van der Waals surface area (Å²) in [4.78, 5) is 9.89. The maximum absolute atomic E-state index is 9.28. The second-order valence-corrected chi connectivity index (χ2v) is 20.7. The van der Waals surface area contributed by atoms with E-state index >= 15 is 0 Å². The van der Waals surface area contributed by atoms with Gasteiger partial charge in [0.2, 0.25) is 0 Å². The monoisotopic (exact) mass is 1010 g/mol. The van der Waals surface area contributed by atoms with Crippen LogP contribution in [0.4, 0.5) is 0 Å². The fourth-order valence-corrected chi connectivity index (χ4v) is 11.7. The molecule has 362 valence electrons. The molecule has 0 amide bonds. The molecule has 0 aliphatic rings. The molecule has 0 fully saturated rings. The fourth-order valence-electron chi connectivity index (χ4n) is 10.5. The summed E-state index contributed by atoms with van der Waals surface area (Å²) in [5, 5.41) is 4.35. The highest BCUT2D eigenvalue weighted by atomic mass is 32.1. The molecule has 14 aromatic rings. The van der Waals surface area contributed by atoms with Gasteiger partial charge in [-0.15, -0.1) is 11.3 Å². The molecule has 0 atom stereocenters. The maximum Gasteiger partial charge on any atom is 0.269 e. The predicted octanol–water partition coefficient (Wildman–Crippen LogP) is 17.7. The van der Waals surface area contributed by atoms with Crippen molar-refractivity contribution in [2.75, 3.05) is 0 Å². The van der Waals surface area contributed by atoms with Crippen molar-refractivity contribution in [1.82, 2.24) is 19.1 Å². The van der Waals surface area contributed by atoms with Crippen molar-refractivity contribution in [1.29, 1.82) is 0 Å². The van der Waals surface area contributed by atoms with Crippen LogP contribution in [0.15, 0.2) is 243 Å². The van der Waals surface area contributed by atoms with E-state index in [2.05, 4.69) is 92.3 Å². The highest BCUT2D eigenvalue weighted by Crippen LogP contribution is 2.43. The summed E-state index contributed by atoms with van der Waals surface area (Å²) in [6.07, 6.45) is 7.28. The summed E-state index contributed by atoms with van der Waals surface area (Å²) in [5.74, 6) is 1.84. The van der Waals surface area contributed by atoms with Gasteiger partial charge < -0.3 is 4.74 Å². The van der Waals surface area contributed by atoms with Gasteiger partial charge in [-0.1, -0.05) is 178 Å². The van der Waals surface area contributed by atoms with Gasteiger partial charge in [-0.3, -0.25) is 18.7 Å². The number of fused-ring (bicyclic) bond motifs is 7. The zero-order valence-corrected chi connectivity index (χ0v) is 42.2. The Labute approximate surface area is 458 Å². The van der Waals surface area contributed by atoms with E-state index in [4.69, 9.17) is 22.9 Å². The van der Waals surface area contributed by atoms with E-state index in [9.17, 15) is 5.48 Å². The maximum atomic E-state index is 9.28. The zero-order chi connectivity index (χ0) is 59.6. The second-order valence-electron chi connectivity index (χ2n) is 19.6. The number of hydrogen-bond donors (Lipinski definition) is 0. The molecule has 0 spiro atoms. The molecule has 0 aliphatic carbocycles. The lowest BCUT2D eigenvalue weighted by molar-refractivity contribution is -0.571. The van der Waals surface area contributed by atoms with E-state index in [1.165, 1.54) is 0 Å². The number of para-hydroxylation sites is 2. The topological polar surface area (TPSA) is 48.8 Å². The molecule has 6 nitrogen and oxygen atoms in total. The van der Waals surface area contributed by atoms with Crippen LogP contribution in [0.2, 0.25) is 0 Å². The molecule has 5 aromatic heterocycles. The molecular formula is C69H49N5OS. The number of rotatable bonds is 9. The van der Waals surface area contributed by atoms with E-state index in [0.717, 1.165) is 75.7 Å². The van der Waals surface area contributed by atoms with Crippen LogP contribution < -0.4 is 9.30 Å². The summed E-state index contributed by atoms with van der Waals surface area (Å²) in [5.41, 5.74) is 8.18. The molecular weight excluding hydrogens is 947 g/mol. The van der Waals surface area contributed by atoms with E-state index < -0.39 is 60.4 Å². The Balaban J connectivity index is 1.00. The zero-order valence-electron chi connectivity index (χ0n) is 51.4. The van der Waals surface area contributed by atoms with Crippen LogP contribution in [0.3, 0.4) is 0 Å². The number of ether oxygens (including phenoxy) is 1. The Morgan fingerprint density at radius 1 is 0.526 bits per heavy atom. The normalized spacial score (nSPS) is 13.7. The van der Waals surface area contributed by atoms with Gasteiger partial charge in [-0.2, -0.15) is 0 Å². The predicted molar refractivity (Wildman–Crippen MR) is 313 cm³/mol. The molecule has 0 unspecified atom stereocenters. The van der Waals surface area contributed by atoms with Crippen LogP contribution in [-0.2, 0) is 5.41 Å². The van der Waals surface area contributed by atoms with Crippen LogP contribution in [0.25, 0.3) is 115 Å². The van der Waals surface area contributed by atoms with Gasteiger partial charge >= 0.3 is 0 Å². The molecule has 5 heterocycles. The molecule has 0 radical (unpaired) electrons. The second kappa shape index (κ2) is 18.2. The molecule has 0 bridgehead atoms. The lowest BCUT2D eigenvalue weighted by atomic mass is 9.88. The van der Waals surface area contributed by atoms with E-state index in [1.807, 2.05) is 108 Å². The lowest BCUT2D eigenvalue weighted by Crippen LogP contribution is -2.31.